The van der Waals surface area contributed by atoms with E-state index in [-0.39, 0.29) is 13.2 Å². The maximum absolute atomic E-state index is 14.6. The number of aromatic nitrogens is 1. The van der Waals surface area contributed by atoms with Gasteiger partial charge in [-0.05, 0) is 45.4 Å². The fourth-order valence-corrected chi connectivity index (χ4v) is 6.09. The summed E-state index contributed by atoms with van der Waals surface area (Å²) in [4.78, 5) is 32.1. The molecule has 0 spiro atoms. The number of carbonyl (C=O) groups excluding carboxylic acids is 2. The van der Waals surface area contributed by atoms with Gasteiger partial charge in [0, 0.05) is 28.6 Å². The molecule has 1 aromatic heterocycles. The van der Waals surface area contributed by atoms with E-state index in [1.807, 2.05) is 37.3 Å². The second-order valence-electron chi connectivity index (χ2n) is 8.58. The molecule has 36 heavy (non-hydrogen) atoms. The van der Waals surface area contributed by atoms with Gasteiger partial charge in [-0.1, -0.05) is 42.5 Å². The second kappa shape index (κ2) is 10.6. The van der Waals surface area contributed by atoms with Gasteiger partial charge < -0.3 is 14.8 Å². The van der Waals surface area contributed by atoms with Crippen LogP contribution in [0.25, 0.3) is 11.3 Å². The van der Waals surface area contributed by atoms with Crippen molar-refractivity contribution in [2.45, 2.75) is 45.1 Å². The zero-order chi connectivity index (χ0) is 25.9. The van der Waals surface area contributed by atoms with Crippen LogP contribution in [-0.2, 0) is 24.5 Å². The average Bonchev–Trinajstić information content (AvgIpc) is 3.35. The van der Waals surface area contributed by atoms with Gasteiger partial charge in [-0.25, -0.2) is 14.2 Å². The first kappa shape index (κ1) is 25.6. The summed E-state index contributed by atoms with van der Waals surface area (Å²) in [5, 5.41) is 5.50. The van der Waals surface area contributed by atoms with Crippen molar-refractivity contribution in [1.82, 2.24) is 10.3 Å². The van der Waals surface area contributed by atoms with E-state index < -0.39 is 35.1 Å². The van der Waals surface area contributed by atoms with Gasteiger partial charge in [-0.2, -0.15) is 0 Å². The molecule has 3 aromatic rings. The van der Waals surface area contributed by atoms with Crippen LogP contribution in [-0.4, -0.2) is 36.2 Å². The minimum absolute atomic E-state index is 0.151. The van der Waals surface area contributed by atoms with Crippen molar-refractivity contribution in [3.8, 4) is 11.3 Å². The molecular formula is C28H29FN2O4S. The topological polar surface area (TPSA) is 77.5 Å². The Morgan fingerprint density at radius 2 is 1.72 bits per heavy atom. The third kappa shape index (κ3) is 4.30. The molecule has 3 atom stereocenters. The van der Waals surface area contributed by atoms with Crippen molar-refractivity contribution >= 4 is 23.3 Å². The van der Waals surface area contributed by atoms with Crippen molar-refractivity contribution in [2.75, 3.05) is 13.2 Å². The van der Waals surface area contributed by atoms with E-state index in [4.69, 9.17) is 14.5 Å². The molecular weight excluding hydrogens is 479 g/mol. The lowest BCUT2D eigenvalue weighted by Crippen LogP contribution is -2.60. The van der Waals surface area contributed by atoms with Crippen molar-refractivity contribution < 1.29 is 23.5 Å². The molecule has 1 aliphatic heterocycles. The lowest BCUT2D eigenvalue weighted by Gasteiger charge is -2.46. The van der Waals surface area contributed by atoms with Crippen molar-refractivity contribution in [3.63, 3.8) is 0 Å². The normalized spacial score (nSPS) is 21.6. The first-order chi connectivity index (χ1) is 17.4. The van der Waals surface area contributed by atoms with Crippen LogP contribution in [0.3, 0.4) is 0 Å². The van der Waals surface area contributed by atoms with Gasteiger partial charge in [0.25, 0.3) is 0 Å². The van der Waals surface area contributed by atoms with Crippen LogP contribution in [0.4, 0.5) is 4.39 Å². The van der Waals surface area contributed by atoms with Gasteiger partial charge in [-0.15, -0.1) is 11.3 Å². The van der Waals surface area contributed by atoms with Gasteiger partial charge in [0.15, 0.2) is 5.41 Å². The number of nitrogens with zero attached hydrogens (tertiary/aromatic N) is 1. The third-order valence-corrected chi connectivity index (χ3v) is 7.51. The highest BCUT2D eigenvalue weighted by Crippen LogP contribution is 2.52. The summed E-state index contributed by atoms with van der Waals surface area (Å²) < 4.78 is 25.7. The molecule has 2 aromatic carbocycles. The number of ether oxygens (including phenoxy) is 2. The number of rotatable bonds is 7. The third-order valence-electron chi connectivity index (χ3n) is 6.51. The number of nitrogens with one attached hydrogen (secondary N) is 1. The molecule has 3 unspecified atom stereocenters. The maximum Gasteiger partial charge on any atom is 0.336 e. The van der Waals surface area contributed by atoms with Gasteiger partial charge in [0.2, 0.25) is 0 Å². The van der Waals surface area contributed by atoms with Crippen molar-refractivity contribution in [1.29, 1.82) is 0 Å². The monoisotopic (exact) mass is 508 g/mol. The summed E-state index contributed by atoms with van der Waals surface area (Å²) >= 11 is 1.25. The summed E-state index contributed by atoms with van der Waals surface area (Å²) in [5.74, 6) is -2.17. The quantitative estimate of drug-likeness (QED) is 0.433. The van der Waals surface area contributed by atoms with E-state index in [1.54, 1.807) is 44.4 Å². The molecule has 188 valence electrons. The Hall–Kier alpha value is -3.52. The van der Waals surface area contributed by atoms with Crippen molar-refractivity contribution in [3.05, 3.63) is 87.6 Å². The van der Waals surface area contributed by atoms with Crippen LogP contribution >= 0.6 is 11.3 Å². The van der Waals surface area contributed by atoms with E-state index in [1.165, 1.54) is 17.4 Å². The molecule has 0 fully saturated rings. The van der Waals surface area contributed by atoms with Crippen LogP contribution in [0.15, 0.2) is 71.2 Å². The van der Waals surface area contributed by atoms with Crippen LogP contribution < -0.4 is 5.32 Å². The van der Waals surface area contributed by atoms with E-state index in [0.717, 1.165) is 5.56 Å². The van der Waals surface area contributed by atoms with Crippen molar-refractivity contribution in [2.24, 2.45) is 0 Å². The summed E-state index contributed by atoms with van der Waals surface area (Å²) in [6.07, 6.45) is 0. The predicted octanol–water partition coefficient (Wildman–Crippen LogP) is 5.36. The Balaban J connectivity index is 2.02. The zero-order valence-electron chi connectivity index (χ0n) is 20.7. The molecule has 0 radical (unpaired) electrons. The summed E-state index contributed by atoms with van der Waals surface area (Å²) in [6, 6.07) is 15.2. The fraction of sp³-hybridized carbons (Fsp3) is 0.321. The maximum atomic E-state index is 14.6. The molecule has 4 rings (SSSR count). The molecule has 0 saturated carbocycles. The van der Waals surface area contributed by atoms with E-state index in [9.17, 15) is 14.0 Å². The minimum Gasteiger partial charge on any atom is -0.465 e. The largest absolute Gasteiger partial charge is 0.465 e. The molecule has 1 N–H and O–H groups in total. The predicted molar refractivity (Wildman–Crippen MR) is 137 cm³/mol. The number of esters is 2. The number of hydrogen-bond donors (Lipinski definition) is 1. The van der Waals surface area contributed by atoms with Gasteiger partial charge in [0.1, 0.15) is 10.8 Å². The zero-order valence-corrected chi connectivity index (χ0v) is 21.5. The Labute approximate surface area is 214 Å². The van der Waals surface area contributed by atoms with Crippen LogP contribution in [0.1, 0.15) is 44.2 Å². The Kier molecular flexibility index (Phi) is 7.54. The standard InChI is InChI=1S/C28H29FN2O4S/c1-5-34-25(32)23-17(3)30-18(4)28(27(33)35-6-2,24(23)19-12-8-7-9-13-19)26-31-22(16-36-26)20-14-10-11-15-21(20)29/h7-16,18,24,30H,5-6H2,1-4H3. The Morgan fingerprint density at radius 1 is 1.06 bits per heavy atom. The molecule has 0 bridgehead atoms. The highest BCUT2D eigenvalue weighted by molar-refractivity contribution is 7.10. The summed E-state index contributed by atoms with van der Waals surface area (Å²) in [5.41, 5.74) is 1.07. The number of thiazole rings is 1. The molecule has 2 heterocycles. The Morgan fingerprint density at radius 3 is 2.39 bits per heavy atom. The average molecular weight is 509 g/mol. The van der Waals surface area contributed by atoms with Crippen LogP contribution in [0.2, 0.25) is 0 Å². The Bertz CT molecular complexity index is 1290. The van der Waals surface area contributed by atoms with Gasteiger partial charge >= 0.3 is 11.9 Å². The number of carbonyl (C=O) groups is 2. The molecule has 0 aliphatic carbocycles. The molecule has 6 nitrogen and oxygen atoms in total. The smallest absolute Gasteiger partial charge is 0.336 e. The minimum atomic E-state index is -1.41. The van der Waals surface area contributed by atoms with Crippen LogP contribution in [0, 0.1) is 5.82 Å². The lowest BCUT2D eigenvalue weighted by molar-refractivity contribution is -0.153. The first-order valence-electron chi connectivity index (χ1n) is 11.9. The highest BCUT2D eigenvalue weighted by atomic mass is 32.1. The number of benzene rings is 2. The molecule has 8 heteroatoms. The molecule has 0 saturated heterocycles. The lowest BCUT2D eigenvalue weighted by atomic mass is 9.62. The molecule has 0 amide bonds. The summed E-state index contributed by atoms with van der Waals surface area (Å²) in [7, 11) is 0. The highest BCUT2D eigenvalue weighted by Gasteiger charge is 2.60. The number of halogens is 1. The first-order valence-corrected chi connectivity index (χ1v) is 12.8. The van der Waals surface area contributed by atoms with Crippen LogP contribution in [0.5, 0.6) is 0 Å². The fourth-order valence-electron chi connectivity index (χ4n) is 4.96. The van der Waals surface area contributed by atoms with E-state index >= 15 is 0 Å². The SMILES string of the molecule is CCOC(=O)C1=C(C)NC(C)C(C(=O)OCC)(c2nc(-c3ccccc3F)cs2)C1c1ccccc1. The number of hydrogen-bond acceptors (Lipinski definition) is 7. The van der Waals surface area contributed by atoms with Gasteiger partial charge in [-0.3, -0.25) is 4.79 Å². The van der Waals surface area contributed by atoms with E-state index in [2.05, 4.69) is 5.32 Å². The summed E-state index contributed by atoms with van der Waals surface area (Å²) in [6.45, 7) is 7.50. The van der Waals surface area contributed by atoms with Gasteiger partial charge in [0.05, 0.1) is 24.5 Å². The number of allylic oxidation sites excluding steroid dienone is 1. The molecule has 1 aliphatic rings. The van der Waals surface area contributed by atoms with E-state index in [0.29, 0.717) is 27.5 Å². The second-order valence-corrected chi connectivity index (χ2v) is 9.43.